The molecular formula is C17H28O2. The highest BCUT2D eigenvalue weighted by molar-refractivity contribution is 5.89. The van der Waals surface area contributed by atoms with Crippen LogP contribution < -0.4 is 0 Å². The Morgan fingerprint density at radius 1 is 1.26 bits per heavy atom. The summed E-state index contributed by atoms with van der Waals surface area (Å²) in [5.74, 6) is 0.486. The number of ether oxygens (including phenoxy) is 1. The number of hydrogen-bond acceptors (Lipinski definition) is 2. The smallest absolute Gasteiger partial charge is 0.334 e. The van der Waals surface area contributed by atoms with Gasteiger partial charge in [-0.1, -0.05) is 48.1 Å². The number of esters is 1. The minimum atomic E-state index is -0.217. The van der Waals surface area contributed by atoms with Crippen molar-refractivity contribution in [2.45, 2.75) is 66.9 Å². The molecule has 0 N–H and O–H groups in total. The van der Waals surface area contributed by atoms with Crippen LogP contribution in [0, 0.1) is 22.2 Å². The van der Waals surface area contributed by atoms with Gasteiger partial charge in [-0.05, 0) is 36.0 Å². The number of carbonyl (C=O) groups excluding carboxylic acids is 1. The van der Waals surface area contributed by atoms with Gasteiger partial charge in [0, 0.05) is 11.0 Å². The summed E-state index contributed by atoms with van der Waals surface area (Å²) >= 11 is 0. The first kappa shape index (κ1) is 14.6. The minimum Gasteiger partial charge on any atom is -0.458 e. The van der Waals surface area contributed by atoms with Gasteiger partial charge in [0.1, 0.15) is 6.10 Å². The first-order valence-corrected chi connectivity index (χ1v) is 7.40. The van der Waals surface area contributed by atoms with E-state index in [1.807, 2.05) is 20.8 Å². The third-order valence-electron chi connectivity index (χ3n) is 6.11. The summed E-state index contributed by atoms with van der Waals surface area (Å²) in [7, 11) is 0. The normalized spacial score (nSPS) is 36.3. The third-order valence-corrected chi connectivity index (χ3v) is 6.11. The molecule has 2 aliphatic carbocycles. The van der Waals surface area contributed by atoms with Crippen molar-refractivity contribution in [2.24, 2.45) is 22.2 Å². The van der Waals surface area contributed by atoms with Crippen LogP contribution in [0.25, 0.3) is 0 Å². The van der Waals surface area contributed by atoms with Crippen molar-refractivity contribution < 1.29 is 9.53 Å². The van der Waals surface area contributed by atoms with E-state index in [2.05, 4.69) is 27.4 Å². The second-order valence-corrected chi connectivity index (χ2v) is 8.23. The predicted molar refractivity (Wildman–Crippen MR) is 77.7 cm³/mol. The molecule has 0 aliphatic heterocycles. The molecule has 0 spiro atoms. The lowest BCUT2D eigenvalue weighted by Crippen LogP contribution is -2.39. The van der Waals surface area contributed by atoms with Crippen molar-refractivity contribution in [3.05, 3.63) is 12.2 Å². The van der Waals surface area contributed by atoms with Crippen LogP contribution in [0.3, 0.4) is 0 Å². The van der Waals surface area contributed by atoms with Crippen LogP contribution in [0.2, 0.25) is 0 Å². The summed E-state index contributed by atoms with van der Waals surface area (Å²) in [6.45, 7) is 16.9. The highest BCUT2D eigenvalue weighted by atomic mass is 16.5. The topological polar surface area (TPSA) is 26.3 Å². The molecule has 2 fully saturated rings. The molecule has 2 aliphatic rings. The van der Waals surface area contributed by atoms with Gasteiger partial charge in [-0.25, -0.2) is 4.79 Å². The molecule has 19 heavy (non-hydrogen) atoms. The van der Waals surface area contributed by atoms with E-state index in [-0.39, 0.29) is 28.3 Å². The largest absolute Gasteiger partial charge is 0.458 e. The minimum absolute atomic E-state index is 0.0628. The van der Waals surface area contributed by atoms with E-state index in [0.29, 0.717) is 11.5 Å². The fraction of sp³-hybridized carbons (Fsp3) is 0.824. The van der Waals surface area contributed by atoms with Gasteiger partial charge in [-0.2, -0.15) is 0 Å². The first-order chi connectivity index (χ1) is 8.50. The predicted octanol–water partition coefficient (Wildman–Crippen LogP) is 4.35. The fourth-order valence-corrected chi connectivity index (χ4v) is 3.81. The van der Waals surface area contributed by atoms with Crippen LogP contribution >= 0.6 is 0 Å². The number of fused-ring (bicyclic) bond motifs is 2. The lowest BCUT2D eigenvalue weighted by molar-refractivity contribution is -0.153. The highest BCUT2D eigenvalue weighted by Crippen LogP contribution is 2.66. The zero-order chi connectivity index (χ0) is 14.6. The summed E-state index contributed by atoms with van der Waals surface area (Å²) in [5.41, 5.74) is 0.772. The van der Waals surface area contributed by atoms with E-state index in [4.69, 9.17) is 4.74 Å². The molecule has 0 saturated heterocycles. The lowest BCUT2D eigenvalue weighted by Gasteiger charge is -2.38. The van der Waals surface area contributed by atoms with Crippen LogP contribution in [0.15, 0.2) is 12.2 Å². The first-order valence-electron chi connectivity index (χ1n) is 7.40. The van der Waals surface area contributed by atoms with Crippen molar-refractivity contribution in [3.63, 3.8) is 0 Å². The average molecular weight is 264 g/mol. The molecule has 2 heteroatoms. The highest BCUT2D eigenvalue weighted by Gasteiger charge is 2.62. The fourth-order valence-electron chi connectivity index (χ4n) is 3.81. The molecule has 2 rings (SSSR count). The van der Waals surface area contributed by atoms with Gasteiger partial charge in [-0.15, -0.1) is 0 Å². The molecule has 0 amide bonds. The van der Waals surface area contributed by atoms with Crippen molar-refractivity contribution >= 4 is 5.97 Å². The summed E-state index contributed by atoms with van der Waals surface area (Å²) in [6, 6.07) is 0. The molecule has 0 radical (unpaired) electrons. The molecule has 3 atom stereocenters. The summed E-state index contributed by atoms with van der Waals surface area (Å²) in [4.78, 5) is 12.3. The van der Waals surface area contributed by atoms with E-state index in [1.54, 1.807) is 0 Å². The SMILES string of the molecule is C=C(C(=O)OC1CC2CCC1(C)C2(C)C)C(C)(C)C. The zero-order valence-electron chi connectivity index (χ0n) is 13.3. The summed E-state index contributed by atoms with van der Waals surface area (Å²) < 4.78 is 5.83. The van der Waals surface area contributed by atoms with E-state index < -0.39 is 0 Å². The second-order valence-electron chi connectivity index (χ2n) is 8.23. The van der Waals surface area contributed by atoms with Crippen molar-refractivity contribution in [1.29, 1.82) is 0 Å². The molecular weight excluding hydrogens is 236 g/mol. The van der Waals surface area contributed by atoms with Crippen molar-refractivity contribution in [2.75, 3.05) is 0 Å². The van der Waals surface area contributed by atoms with Crippen LogP contribution in [0.1, 0.15) is 60.8 Å². The lowest BCUT2D eigenvalue weighted by atomic mass is 9.70. The van der Waals surface area contributed by atoms with Gasteiger partial charge >= 0.3 is 5.97 Å². The van der Waals surface area contributed by atoms with Crippen LogP contribution in [0.5, 0.6) is 0 Å². The maximum Gasteiger partial charge on any atom is 0.334 e. The van der Waals surface area contributed by atoms with Gasteiger partial charge in [0.2, 0.25) is 0 Å². The Morgan fingerprint density at radius 3 is 2.21 bits per heavy atom. The van der Waals surface area contributed by atoms with E-state index >= 15 is 0 Å². The van der Waals surface area contributed by atoms with Gasteiger partial charge < -0.3 is 4.74 Å². The monoisotopic (exact) mass is 264 g/mol. The number of rotatable bonds is 2. The Morgan fingerprint density at radius 2 is 1.84 bits per heavy atom. The quantitative estimate of drug-likeness (QED) is 0.547. The van der Waals surface area contributed by atoms with Crippen molar-refractivity contribution in [3.8, 4) is 0 Å². The Kier molecular flexibility index (Phi) is 3.15. The molecule has 2 nitrogen and oxygen atoms in total. The standard InChI is InChI=1S/C17H28O2/c1-11(15(2,3)4)14(18)19-13-10-12-8-9-17(13,7)16(12,5)6/h12-13H,1,8-10H2,2-7H3. The maximum absolute atomic E-state index is 12.3. The summed E-state index contributed by atoms with van der Waals surface area (Å²) in [6.07, 6.45) is 3.53. The van der Waals surface area contributed by atoms with Crippen LogP contribution in [0.4, 0.5) is 0 Å². The molecule has 2 saturated carbocycles. The second kappa shape index (κ2) is 4.10. The Hall–Kier alpha value is -0.790. The Labute approximate surface area is 117 Å². The van der Waals surface area contributed by atoms with E-state index in [9.17, 15) is 4.79 Å². The van der Waals surface area contributed by atoms with Crippen LogP contribution in [-0.2, 0) is 9.53 Å². The molecule has 0 heterocycles. The molecule has 0 aromatic heterocycles. The van der Waals surface area contributed by atoms with Crippen molar-refractivity contribution in [1.82, 2.24) is 0 Å². The Balaban J connectivity index is 2.11. The van der Waals surface area contributed by atoms with Gasteiger partial charge in [-0.3, -0.25) is 0 Å². The van der Waals surface area contributed by atoms with Gasteiger partial charge in [0.25, 0.3) is 0 Å². The van der Waals surface area contributed by atoms with Gasteiger partial charge in [0.05, 0.1) is 0 Å². The maximum atomic E-state index is 12.3. The average Bonchev–Trinajstić information content (AvgIpc) is 2.59. The molecule has 2 bridgehead atoms. The summed E-state index contributed by atoms with van der Waals surface area (Å²) in [5, 5.41) is 0. The molecule has 3 unspecified atom stereocenters. The Bertz CT molecular complexity index is 413. The molecule has 0 aromatic rings. The zero-order valence-corrected chi connectivity index (χ0v) is 13.3. The van der Waals surface area contributed by atoms with Gasteiger partial charge in [0.15, 0.2) is 0 Å². The molecule has 0 aromatic carbocycles. The third kappa shape index (κ3) is 2.04. The number of carbonyl (C=O) groups is 1. The van der Waals surface area contributed by atoms with Crippen LogP contribution in [-0.4, -0.2) is 12.1 Å². The molecule has 108 valence electrons. The number of hydrogen-bond donors (Lipinski definition) is 0. The van der Waals surface area contributed by atoms with E-state index in [1.165, 1.54) is 12.8 Å². The van der Waals surface area contributed by atoms with E-state index in [0.717, 1.165) is 6.42 Å².